The molecule has 0 amide bonds. The van der Waals surface area contributed by atoms with Crippen LogP contribution in [0.5, 0.6) is 0 Å². The SMILES string of the molecule is CCCCCCC(CCCCCC(O)CC)S(=O)(=O)[O-].[K+]. The van der Waals surface area contributed by atoms with Gasteiger partial charge in [-0.3, -0.25) is 0 Å². The molecule has 0 saturated heterocycles. The Morgan fingerprint density at radius 3 is 1.81 bits per heavy atom. The molecule has 0 aliphatic carbocycles. The summed E-state index contributed by atoms with van der Waals surface area (Å²) in [7, 11) is -4.16. The molecule has 0 aromatic carbocycles. The predicted molar refractivity (Wildman–Crippen MR) is 81.6 cm³/mol. The van der Waals surface area contributed by atoms with Crippen molar-refractivity contribution < 1.29 is 69.5 Å². The first-order chi connectivity index (χ1) is 9.41. The summed E-state index contributed by atoms with van der Waals surface area (Å²) >= 11 is 0. The molecule has 2 atom stereocenters. The predicted octanol–water partition coefficient (Wildman–Crippen LogP) is 0.596. The van der Waals surface area contributed by atoms with E-state index >= 15 is 0 Å². The van der Waals surface area contributed by atoms with Crippen LogP contribution in [0.4, 0.5) is 0 Å². The number of hydrogen-bond acceptors (Lipinski definition) is 4. The van der Waals surface area contributed by atoms with E-state index in [0.717, 1.165) is 57.8 Å². The summed E-state index contributed by atoms with van der Waals surface area (Å²) in [5.41, 5.74) is 0. The first kappa shape index (κ1) is 24.8. The zero-order valence-electron chi connectivity index (χ0n) is 14.0. The van der Waals surface area contributed by atoms with Gasteiger partial charge in [-0.05, 0) is 25.7 Å². The third-order valence-corrected chi connectivity index (χ3v) is 5.11. The third kappa shape index (κ3) is 14.8. The molecular weight excluding hydrogens is 315 g/mol. The van der Waals surface area contributed by atoms with Crippen LogP contribution >= 0.6 is 0 Å². The zero-order chi connectivity index (χ0) is 15.4. The van der Waals surface area contributed by atoms with Crippen molar-refractivity contribution in [2.45, 2.75) is 95.8 Å². The largest absolute Gasteiger partial charge is 1.00 e. The summed E-state index contributed by atoms with van der Waals surface area (Å²) in [4.78, 5) is 0. The minimum absolute atomic E-state index is 0. The molecule has 0 fully saturated rings. The average molecular weight is 347 g/mol. The Morgan fingerprint density at radius 1 is 0.905 bits per heavy atom. The van der Waals surface area contributed by atoms with Crippen molar-refractivity contribution in [2.75, 3.05) is 0 Å². The van der Waals surface area contributed by atoms with Gasteiger partial charge in [0.25, 0.3) is 0 Å². The van der Waals surface area contributed by atoms with Gasteiger partial charge in [-0.2, -0.15) is 0 Å². The molecule has 1 N–H and O–H groups in total. The van der Waals surface area contributed by atoms with E-state index in [2.05, 4.69) is 6.92 Å². The monoisotopic (exact) mass is 346 g/mol. The molecule has 21 heavy (non-hydrogen) atoms. The van der Waals surface area contributed by atoms with Crippen molar-refractivity contribution in [2.24, 2.45) is 0 Å². The van der Waals surface area contributed by atoms with Gasteiger partial charge in [0.15, 0.2) is 0 Å². The number of unbranched alkanes of at least 4 members (excludes halogenated alkanes) is 5. The van der Waals surface area contributed by atoms with Crippen molar-refractivity contribution in [1.82, 2.24) is 0 Å². The van der Waals surface area contributed by atoms with Gasteiger partial charge in [-0.15, -0.1) is 0 Å². The van der Waals surface area contributed by atoms with Crippen LogP contribution in [0, 0.1) is 0 Å². The van der Waals surface area contributed by atoms with Gasteiger partial charge < -0.3 is 9.66 Å². The van der Waals surface area contributed by atoms with Crippen LogP contribution in [0.25, 0.3) is 0 Å². The molecule has 0 aliphatic rings. The van der Waals surface area contributed by atoms with Gasteiger partial charge in [0.05, 0.1) is 16.2 Å². The van der Waals surface area contributed by atoms with Crippen molar-refractivity contribution in [3.63, 3.8) is 0 Å². The molecule has 0 aromatic heterocycles. The van der Waals surface area contributed by atoms with E-state index in [-0.39, 0.29) is 57.5 Å². The van der Waals surface area contributed by atoms with Crippen molar-refractivity contribution in [3.05, 3.63) is 0 Å². The second-order valence-corrected chi connectivity index (χ2v) is 7.32. The van der Waals surface area contributed by atoms with E-state index in [4.69, 9.17) is 0 Å². The van der Waals surface area contributed by atoms with Crippen LogP contribution in [0.2, 0.25) is 0 Å². The molecule has 0 radical (unpaired) electrons. The zero-order valence-corrected chi connectivity index (χ0v) is 18.0. The van der Waals surface area contributed by atoms with Gasteiger partial charge in [0.1, 0.15) is 0 Å². The van der Waals surface area contributed by atoms with Crippen LogP contribution in [-0.2, 0) is 10.1 Å². The number of rotatable bonds is 13. The summed E-state index contributed by atoms with van der Waals surface area (Å²) in [6.45, 7) is 4.05. The summed E-state index contributed by atoms with van der Waals surface area (Å²) in [6.07, 6.45) is 8.84. The Morgan fingerprint density at radius 2 is 1.38 bits per heavy atom. The van der Waals surface area contributed by atoms with Crippen LogP contribution < -0.4 is 51.4 Å². The standard InChI is InChI=1S/C15H32O4S.K/c1-3-5-6-9-12-15(20(17,18)19)13-10-7-8-11-14(16)4-2;/h14-16H,3-13H2,1-2H3,(H,17,18,19);/q;+1/p-1. The molecule has 122 valence electrons. The van der Waals surface area contributed by atoms with Crippen LogP contribution in [0.15, 0.2) is 0 Å². The fourth-order valence-corrected chi connectivity index (χ4v) is 3.28. The van der Waals surface area contributed by atoms with E-state index < -0.39 is 15.4 Å². The average Bonchev–Trinajstić information content (AvgIpc) is 2.39. The maximum atomic E-state index is 11.2. The second kappa shape index (κ2) is 15.1. The van der Waals surface area contributed by atoms with Crippen LogP contribution in [0.1, 0.15) is 84.5 Å². The Hall–Kier alpha value is 1.51. The van der Waals surface area contributed by atoms with Gasteiger partial charge in [-0.25, -0.2) is 8.42 Å². The van der Waals surface area contributed by atoms with Crippen LogP contribution in [0.3, 0.4) is 0 Å². The molecule has 0 aromatic rings. The normalized spacial score (nSPS) is 14.5. The van der Waals surface area contributed by atoms with Gasteiger partial charge >= 0.3 is 51.4 Å². The summed E-state index contributed by atoms with van der Waals surface area (Å²) in [5.74, 6) is 0. The Kier molecular flexibility index (Phi) is 17.8. The van der Waals surface area contributed by atoms with E-state index in [1.54, 1.807) is 0 Å². The molecule has 0 spiro atoms. The smallest absolute Gasteiger partial charge is 0.748 e. The Bertz CT molecular complexity index is 320. The first-order valence-electron chi connectivity index (χ1n) is 8.04. The van der Waals surface area contributed by atoms with Gasteiger partial charge in [-0.1, -0.05) is 58.8 Å². The third-order valence-electron chi connectivity index (χ3n) is 3.82. The molecule has 0 bridgehead atoms. The van der Waals surface area contributed by atoms with Crippen molar-refractivity contribution >= 4 is 10.1 Å². The summed E-state index contributed by atoms with van der Waals surface area (Å²) in [6, 6.07) is 0. The molecule has 0 heterocycles. The van der Waals surface area contributed by atoms with E-state index in [1.165, 1.54) is 0 Å². The minimum Gasteiger partial charge on any atom is -0.748 e. The molecular formula is C15H31KO4S. The topological polar surface area (TPSA) is 77.4 Å². The molecule has 4 nitrogen and oxygen atoms in total. The number of aliphatic hydroxyl groups excluding tert-OH is 1. The van der Waals surface area contributed by atoms with E-state index in [1.807, 2.05) is 6.92 Å². The van der Waals surface area contributed by atoms with Crippen LogP contribution in [-0.4, -0.2) is 29.4 Å². The van der Waals surface area contributed by atoms with Crippen molar-refractivity contribution in [3.8, 4) is 0 Å². The Balaban J connectivity index is 0. The van der Waals surface area contributed by atoms with Crippen molar-refractivity contribution in [1.29, 1.82) is 0 Å². The minimum atomic E-state index is -4.16. The van der Waals surface area contributed by atoms with E-state index in [0.29, 0.717) is 12.8 Å². The molecule has 0 aliphatic heterocycles. The fraction of sp³-hybridized carbons (Fsp3) is 1.00. The number of aliphatic hydroxyl groups is 1. The first-order valence-corrected chi connectivity index (χ1v) is 9.51. The summed E-state index contributed by atoms with van der Waals surface area (Å²) in [5, 5.41) is 8.70. The van der Waals surface area contributed by atoms with Gasteiger partial charge in [0, 0.05) is 5.25 Å². The molecule has 2 unspecified atom stereocenters. The maximum Gasteiger partial charge on any atom is 1.00 e. The van der Waals surface area contributed by atoms with Gasteiger partial charge in [0.2, 0.25) is 0 Å². The summed E-state index contributed by atoms with van der Waals surface area (Å²) < 4.78 is 33.7. The van der Waals surface area contributed by atoms with E-state index in [9.17, 15) is 18.1 Å². The molecule has 0 rings (SSSR count). The quantitative estimate of drug-likeness (QED) is 0.301. The maximum absolute atomic E-state index is 11.2. The molecule has 6 heteroatoms. The number of hydrogen-bond donors (Lipinski definition) is 1. The molecule has 0 saturated carbocycles. The fourth-order valence-electron chi connectivity index (χ4n) is 2.36. The second-order valence-electron chi connectivity index (χ2n) is 5.66. The Labute approximate surface area is 173 Å².